The first-order valence-electron chi connectivity index (χ1n) is 6.76. The lowest BCUT2D eigenvalue weighted by atomic mass is 10.1. The number of rotatable bonds is 4. The lowest BCUT2D eigenvalue weighted by molar-refractivity contribution is 0.170. The third kappa shape index (κ3) is 3.51. The highest BCUT2D eigenvalue weighted by molar-refractivity contribution is 9.10. The van der Waals surface area contributed by atoms with Crippen LogP contribution in [0.1, 0.15) is 11.1 Å². The monoisotopic (exact) mass is 367 g/mol. The van der Waals surface area contributed by atoms with Crippen LogP contribution >= 0.6 is 27.5 Å². The Hall–Kier alpha value is -1.23. The summed E-state index contributed by atoms with van der Waals surface area (Å²) < 4.78 is 12.1. The summed E-state index contributed by atoms with van der Waals surface area (Å²) in [5.74, 6) is 1.58. The average Bonchev–Trinajstić information content (AvgIpc) is 2.49. The van der Waals surface area contributed by atoms with Crippen LogP contribution in [0.3, 0.4) is 0 Å². The van der Waals surface area contributed by atoms with Crippen molar-refractivity contribution in [3.05, 3.63) is 57.0 Å². The fraction of sp³-hybridized carbons (Fsp3) is 0.250. The van der Waals surface area contributed by atoms with E-state index in [0.717, 1.165) is 45.2 Å². The quantitative estimate of drug-likeness (QED) is 0.879. The molecule has 1 aliphatic rings. The molecule has 0 saturated carbocycles. The molecule has 5 heteroatoms. The van der Waals surface area contributed by atoms with Crippen molar-refractivity contribution in [1.82, 2.24) is 5.32 Å². The molecule has 1 N–H and O–H groups in total. The van der Waals surface area contributed by atoms with E-state index in [4.69, 9.17) is 21.1 Å². The highest BCUT2D eigenvalue weighted by Crippen LogP contribution is 2.38. The summed E-state index contributed by atoms with van der Waals surface area (Å²) in [5.41, 5.74) is 2.23. The van der Waals surface area contributed by atoms with Gasteiger partial charge in [-0.15, -0.1) is 0 Å². The summed E-state index contributed by atoms with van der Waals surface area (Å²) in [6, 6.07) is 11.9. The Kier molecular flexibility index (Phi) is 4.68. The molecule has 0 saturated heterocycles. The van der Waals surface area contributed by atoms with Gasteiger partial charge in [0.15, 0.2) is 11.5 Å². The molecule has 0 radical (unpaired) electrons. The molecule has 0 aromatic heterocycles. The first-order chi connectivity index (χ1) is 10.2. The van der Waals surface area contributed by atoms with E-state index in [1.807, 2.05) is 36.4 Å². The van der Waals surface area contributed by atoms with Crippen LogP contribution in [0.4, 0.5) is 0 Å². The maximum atomic E-state index is 6.14. The molecule has 0 unspecified atom stereocenters. The van der Waals surface area contributed by atoms with Crippen LogP contribution < -0.4 is 14.8 Å². The van der Waals surface area contributed by atoms with Gasteiger partial charge in [0.05, 0.1) is 4.47 Å². The molecule has 0 fully saturated rings. The molecule has 0 bridgehead atoms. The average molecular weight is 369 g/mol. The van der Waals surface area contributed by atoms with Crippen molar-refractivity contribution in [2.75, 3.05) is 13.2 Å². The molecule has 0 aliphatic carbocycles. The van der Waals surface area contributed by atoms with E-state index in [1.54, 1.807) is 0 Å². The zero-order valence-corrected chi connectivity index (χ0v) is 13.7. The summed E-state index contributed by atoms with van der Waals surface area (Å²) in [5, 5.41) is 4.18. The lowest BCUT2D eigenvalue weighted by Gasteiger charge is -2.20. The molecule has 2 aromatic carbocycles. The Morgan fingerprint density at radius 1 is 1.10 bits per heavy atom. The molecule has 0 spiro atoms. The number of fused-ring (bicyclic) bond motifs is 1. The number of nitrogens with one attached hydrogen (secondary N) is 1. The van der Waals surface area contributed by atoms with Gasteiger partial charge in [-0.3, -0.25) is 0 Å². The zero-order chi connectivity index (χ0) is 14.7. The minimum absolute atomic E-state index is 0.593. The van der Waals surface area contributed by atoms with Crippen LogP contribution in [0.5, 0.6) is 11.5 Å². The summed E-state index contributed by atoms with van der Waals surface area (Å²) >= 11 is 9.67. The van der Waals surface area contributed by atoms with E-state index < -0.39 is 0 Å². The van der Waals surface area contributed by atoms with Crippen molar-refractivity contribution in [3.63, 3.8) is 0 Å². The van der Waals surface area contributed by atoms with Gasteiger partial charge in [-0.2, -0.15) is 0 Å². The Morgan fingerprint density at radius 2 is 1.90 bits per heavy atom. The molecule has 3 rings (SSSR count). The maximum Gasteiger partial charge on any atom is 0.175 e. The van der Waals surface area contributed by atoms with Crippen molar-refractivity contribution < 1.29 is 9.47 Å². The van der Waals surface area contributed by atoms with E-state index in [2.05, 4.69) is 21.2 Å². The second-order valence-corrected chi connectivity index (χ2v) is 6.06. The Balaban J connectivity index is 1.66. The number of ether oxygens (including phenoxy) is 2. The van der Waals surface area contributed by atoms with E-state index in [9.17, 15) is 0 Å². The minimum atomic E-state index is 0.593. The molecule has 110 valence electrons. The molecular weight excluding hydrogens is 354 g/mol. The highest BCUT2D eigenvalue weighted by Gasteiger charge is 2.16. The standard InChI is InChI=1S/C16H15BrClNO2/c17-13-7-11(8-15-16(13)21-6-5-20-15)9-19-10-12-3-1-2-4-14(12)18/h1-4,7-8,19H,5-6,9-10H2. The summed E-state index contributed by atoms with van der Waals surface area (Å²) in [7, 11) is 0. The molecule has 1 heterocycles. The lowest BCUT2D eigenvalue weighted by Crippen LogP contribution is -2.17. The fourth-order valence-corrected chi connectivity index (χ4v) is 3.06. The topological polar surface area (TPSA) is 30.5 Å². The Labute approximate surface area is 137 Å². The Bertz CT molecular complexity index is 648. The third-order valence-corrected chi connectivity index (χ3v) is 4.22. The number of benzene rings is 2. The SMILES string of the molecule is Clc1ccccc1CNCc1cc(Br)c2c(c1)OCCO2. The van der Waals surface area contributed by atoms with Crippen LogP contribution in [-0.2, 0) is 13.1 Å². The molecule has 0 atom stereocenters. The van der Waals surface area contributed by atoms with Crippen molar-refractivity contribution in [3.8, 4) is 11.5 Å². The normalized spacial score (nSPS) is 13.2. The third-order valence-electron chi connectivity index (χ3n) is 3.26. The van der Waals surface area contributed by atoms with Gasteiger partial charge in [-0.25, -0.2) is 0 Å². The smallest absolute Gasteiger partial charge is 0.175 e. The molecule has 1 aliphatic heterocycles. The zero-order valence-electron chi connectivity index (χ0n) is 11.4. The van der Waals surface area contributed by atoms with Gasteiger partial charge in [0.2, 0.25) is 0 Å². The predicted octanol–water partition coefficient (Wildman–Crippen LogP) is 4.16. The molecular formula is C16H15BrClNO2. The first-order valence-corrected chi connectivity index (χ1v) is 7.93. The van der Waals surface area contributed by atoms with Crippen LogP contribution in [0.15, 0.2) is 40.9 Å². The molecule has 3 nitrogen and oxygen atoms in total. The highest BCUT2D eigenvalue weighted by atomic mass is 79.9. The summed E-state index contributed by atoms with van der Waals surface area (Å²) in [6.45, 7) is 2.65. The van der Waals surface area contributed by atoms with E-state index in [-0.39, 0.29) is 0 Å². The van der Waals surface area contributed by atoms with Crippen molar-refractivity contribution in [2.45, 2.75) is 13.1 Å². The van der Waals surface area contributed by atoms with Crippen molar-refractivity contribution in [2.24, 2.45) is 0 Å². The van der Waals surface area contributed by atoms with Crippen LogP contribution in [0.2, 0.25) is 5.02 Å². The van der Waals surface area contributed by atoms with Gasteiger partial charge in [0.1, 0.15) is 13.2 Å². The molecule has 2 aromatic rings. The van der Waals surface area contributed by atoms with Gasteiger partial charge in [-0.1, -0.05) is 29.8 Å². The predicted molar refractivity (Wildman–Crippen MR) is 87.1 cm³/mol. The fourth-order valence-electron chi connectivity index (χ4n) is 2.25. The Morgan fingerprint density at radius 3 is 2.76 bits per heavy atom. The van der Waals surface area contributed by atoms with Gasteiger partial charge in [-0.05, 0) is 45.3 Å². The molecule has 0 amide bonds. The number of halogens is 2. The maximum absolute atomic E-state index is 6.14. The van der Waals surface area contributed by atoms with Crippen LogP contribution in [0, 0.1) is 0 Å². The second kappa shape index (κ2) is 6.69. The van der Waals surface area contributed by atoms with Crippen molar-refractivity contribution >= 4 is 27.5 Å². The van der Waals surface area contributed by atoms with Gasteiger partial charge in [0.25, 0.3) is 0 Å². The van der Waals surface area contributed by atoms with E-state index in [1.165, 1.54) is 0 Å². The second-order valence-electron chi connectivity index (χ2n) is 4.80. The van der Waals surface area contributed by atoms with Crippen LogP contribution in [0.25, 0.3) is 0 Å². The van der Waals surface area contributed by atoms with Gasteiger partial charge < -0.3 is 14.8 Å². The van der Waals surface area contributed by atoms with Gasteiger partial charge in [0, 0.05) is 18.1 Å². The van der Waals surface area contributed by atoms with E-state index in [0.29, 0.717) is 13.2 Å². The van der Waals surface area contributed by atoms with Crippen LogP contribution in [-0.4, -0.2) is 13.2 Å². The number of hydrogen-bond donors (Lipinski definition) is 1. The largest absolute Gasteiger partial charge is 0.486 e. The number of hydrogen-bond acceptors (Lipinski definition) is 3. The van der Waals surface area contributed by atoms with E-state index >= 15 is 0 Å². The van der Waals surface area contributed by atoms with Crippen molar-refractivity contribution in [1.29, 1.82) is 0 Å². The minimum Gasteiger partial charge on any atom is -0.486 e. The summed E-state index contributed by atoms with van der Waals surface area (Å²) in [4.78, 5) is 0. The van der Waals surface area contributed by atoms with Gasteiger partial charge >= 0.3 is 0 Å². The molecule has 21 heavy (non-hydrogen) atoms. The summed E-state index contributed by atoms with van der Waals surface area (Å²) in [6.07, 6.45) is 0. The first kappa shape index (κ1) is 14.7.